The van der Waals surface area contributed by atoms with Crippen LogP contribution in [0.15, 0.2) is 17.2 Å². The average molecular weight is 396 g/mol. The SMILES string of the molecule is O=C(O)c1cn(C2CC2)c2c(OS(=O)(=O)C(F)(F)F)c(F)cnc2c1=O. The molecule has 0 aromatic carbocycles. The topological polar surface area (TPSA) is 116 Å². The summed E-state index contributed by atoms with van der Waals surface area (Å²) in [6.07, 6.45) is 2.00. The molecule has 1 aliphatic carbocycles. The van der Waals surface area contributed by atoms with Crippen LogP contribution < -0.4 is 9.61 Å². The summed E-state index contributed by atoms with van der Waals surface area (Å²) in [5.41, 5.74) is -9.16. The van der Waals surface area contributed by atoms with Crippen LogP contribution in [0, 0.1) is 5.82 Å². The summed E-state index contributed by atoms with van der Waals surface area (Å²) in [5.74, 6) is -4.54. The standard InChI is InChI=1S/C13H8F4N2O6S/c14-7-3-18-8-9(11(7)25-26(23,24)13(15,16)17)19(5-1-2-5)4-6(10(8)20)12(21)22/h3-5H,1-2H2,(H,21,22). The lowest BCUT2D eigenvalue weighted by Crippen LogP contribution is -2.29. The minimum atomic E-state index is -6.23. The lowest BCUT2D eigenvalue weighted by molar-refractivity contribution is -0.0500. The van der Waals surface area contributed by atoms with Gasteiger partial charge in [0.2, 0.25) is 11.2 Å². The lowest BCUT2D eigenvalue weighted by Gasteiger charge is -2.16. The smallest absolute Gasteiger partial charge is 0.477 e. The Morgan fingerprint density at radius 3 is 2.46 bits per heavy atom. The fourth-order valence-electron chi connectivity index (χ4n) is 2.29. The molecule has 0 bridgehead atoms. The third kappa shape index (κ3) is 2.87. The van der Waals surface area contributed by atoms with Gasteiger partial charge in [0.15, 0.2) is 5.82 Å². The fourth-order valence-corrected chi connectivity index (χ4v) is 2.76. The van der Waals surface area contributed by atoms with Crippen LogP contribution in [0.2, 0.25) is 0 Å². The highest BCUT2D eigenvalue weighted by Crippen LogP contribution is 2.40. The predicted octanol–water partition coefficient (Wildman–Crippen LogP) is 1.80. The van der Waals surface area contributed by atoms with Crippen LogP contribution in [-0.2, 0) is 10.1 Å². The number of aromatic carboxylic acids is 1. The number of carboxylic acid groups (broad SMARTS) is 1. The number of hydrogen-bond donors (Lipinski definition) is 1. The van der Waals surface area contributed by atoms with Crippen molar-refractivity contribution in [3.8, 4) is 5.75 Å². The van der Waals surface area contributed by atoms with E-state index in [1.807, 2.05) is 0 Å². The van der Waals surface area contributed by atoms with E-state index < -0.39 is 61.2 Å². The zero-order valence-electron chi connectivity index (χ0n) is 12.4. The maximum Gasteiger partial charge on any atom is 0.534 e. The molecule has 0 spiro atoms. The summed E-state index contributed by atoms with van der Waals surface area (Å²) in [4.78, 5) is 26.8. The zero-order valence-corrected chi connectivity index (χ0v) is 13.3. The molecule has 13 heteroatoms. The van der Waals surface area contributed by atoms with Crippen LogP contribution in [-0.4, -0.2) is 34.6 Å². The third-order valence-electron chi connectivity index (χ3n) is 3.60. The molecular formula is C13H8F4N2O6S. The van der Waals surface area contributed by atoms with Crippen LogP contribution in [0.5, 0.6) is 5.75 Å². The van der Waals surface area contributed by atoms with Crippen LogP contribution >= 0.6 is 0 Å². The van der Waals surface area contributed by atoms with Gasteiger partial charge in [-0.05, 0) is 12.8 Å². The Balaban J connectivity index is 2.37. The first-order chi connectivity index (χ1) is 11.9. The first kappa shape index (κ1) is 18.1. The number of fused-ring (bicyclic) bond motifs is 1. The first-order valence-corrected chi connectivity index (χ1v) is 8.32. The number of carbonyl (C=O) groups is 1. The number of halogens is 4. The average Bonchev–Trinajstić information content (AvgIpc) is 3.33. The van der Waals surface area contributed by atoms with Gasteiger partial charge >= 0.3 is 21.6 Å². The molecule has 0 radical (unpaired) electrons. The molecule has 0 unspecified atom stereocenters. The van der Waals surface area contributed by atoms with E-state index in [-0.39, 0.29) is 6.20 Å². The van der Waals surface area contributed by atoms with Crippen molar-refractivity contribution in [1.82, 2.24) is 9.55 Å². The third-order valence-corrected chi connectivity index (χ3v) is 4.55. The number of rotatable bonds is 4. The Bertz CT molecular complexity index is 1090. The van der Waals surface area contributed by atoms with E-state index in [0.29, 0.717) is 12.8 Å². The monoisotopic (exact) mass is 396 g/mol. The van der Waals surface area contributed by atoms with Gasteiger partial charge < -0.3 is 13.9 Å². The summed E-state index contributed by atoms with van der Waals surface area (Å²) in [5, 5.41) is 9.08. The maximum absolute atomic E-state index is 14.0. The summed E-state index contributed by atoms with van der Waals surface area (Å²) in [6.45, 7) is 0. The van der Waals surface area contributed by atoms with E-state index in [1.165, 1.54) is 0 Å². The maximum atomic E-state index is 14.0. The summed E-state index contributed by atoms with van der Waals surface area (Å²) < 4.78 is 79.2. The molecule has 0 atom stereocenters. The highest BCUT2D eigenvalue weighted by Gasteiger charge is 2.49. The number of hydrogen-bond acceptors (Lipinski definition) is 6. The van der Waals surface area contributed by atoms with E-state index in [2.05, 4.69) is 9.17 Å². The molecule has 3 rings (SSSR count). The molecule has 1 fully saturated rings. The van der Waals surface area contributed by atoms with Gasteiger partial charge in [0, 0.05) is 12.2 Å². The Hall–Kier alpha value is -2.70. The Kier molecular flexibility index (Phi) is 3.94. The van der Waals surface area contributed by atoms with Gasteiger partial charge in [0.25, 0.3) is 0 Å². The molecular weight excluding hydrogens is 388 g/mol. The van der Waals surface area contributed by atoms with Gasteiger partial charge in [-0.25, -0.2) is 14.2 Å². The number of carboxylic acids is 1. The molecule has 2 aromatic rings. The summed E-state index contributed by atoms with van der Waals surface area (Å²) in [7, 11) is -6.23. The predicted molar refractivity (Wildman–Crippen MR) is 76.8 cm³/mol. The molecule has 8 nitrogen and oxygen atoms in total. The van der Waals surface area contributed by atoms with Crippen LogP contribution in [0.25, 0.3) is 11.0 Å². The minimum absolute atomic E-state index is 0.286. The molecule has 2 heterocycles. The van der Waals surface area contributed by atoms with Crippen LogP contribution in [0.3, 0.4) is 0 Å². The molecule has 0 saturated heterocycles. The van der Waals surface area contributed by atoms with Gasteiger partial charge in [-0.1, -0.05) is 0 Å². The molecule has 140 valence electrons. The Morgan fingerprint density at radius 1 is 1.35 bits per heavy atom. The molecule has 26 heavy (non-hydrogen) atoms. The Labute approximate surface area is 141 Å². The number of nitrogens with zero attached hydrogens (tertiary/aromatic N) is 2. The number of alkyl halides is 3. The highest BCUT2D eigenvalue weighted by molar-refractivity contribution is 7.88. The minimum Gasteiger partial charge on any atom is -0.477 e. The van der Waals surface area contributed by atoms with Crippen molar-refractivity contribution in [3.05, 3.63) is 34.0 Å². The molecule has 2 aromatic heterocycles. The van der Waals surface area contributed by atoms with Crippen LogP contribution in [0.1, 0.15) is 29.2 Å². The van der Waals surface area contributed by atoms with E-state index in [4.69, 9.17) is 5.11 Å². The number of aromatic nitrogens is 2. The molecule has 0 aliphatic heterocycles. The van der Waals surface area contributed by atoms with Crippen molar-refractivity contribution in [2.75, 3.05) is 0 Å². The van der Waals surface area contributed by atoms with Crippen LogP contribution in [0.4, 0.5) is 17.6 Å². The fraction of sp³-hybridized carbons (Fsp3) is 0.308. The molecule has 1 N–H and O–H groups in total. The molecule has 0 amide bonds. The van der Waals surface area contributed by atoms with Crippen molar-refractivity contribution in [2.24, 2.45) is 0 Å². The van der Waals surface area contributed by atoms with Gasteiger partial charge in [-0.15, -0.1) is 0 Å². The van der Waals surface area contributed by atoms with Crippen molar-refractivity contribution in [3.63, 3.8) is 0 Å². The van der Waals surface area contributed by atoms with Crippen molar-refractivity contribution < 1.29 is 40.1 Å². The van der Waals surface area contributed by atoms with Gasteiger partial charge in [0.1, 0.15) is 16.6 Å². The quantitative estimate of drug-likeness (QED) is 0.476. The van der Waals surface area contributed by atoms with Gasteiger partial charge in [0.05, 0.1) is 6.20 Å². The van der Waals surface area contributed by atoms with Crippen molar-refractivity contribution >= 4 is 27.1 Å². The Morgan fingerprint density at radius 2 is 1.96 bits per heavy atom. The van der Waals surface area contributed by atoms with Crippen molar-refractivity contribution in [1.29, 1.82) is 0 Å². The van der Waals surface area contributed by atoms with E-state index >= 15 is 0 Å². The normalized spacial score (nSPS) is 15.2. The van der Waals surface area contributed by atoms with Gasteiger partial charge in [-0.3, -0.25) is 4.79 Å². The van der Waals surface area contributed by atoms with Crippen molar-refractivity contribution in [2.45, 2.75) is 24.4 Å². The lowest BCUT2D eigenvalue weighted by atomic mass is 10.2. The second kappa shape index (κ2) is 5.65. The zero-order chi connectivity index (χ0) is 19.4. The summed E-state index contributed by atoms with van der Waals surface area (Å²) >= 11 is 0. The van der Waals surface area contributed by atoms with E-state index in [1.54, 1.807) is 0 Å². The number of pyridine rings is 2. The second-order valence-corrected chi connectivity index (χ2v) is 6.97. The molecule has 1 aliphatic rings. The summed E-state index contributed by atoms with van der Waals surface area (Å²) in [6, 6.07) is -0.462. The van der Waals surface area contributed by atoms with E-state index in [9.17, 15) is 35.6 Å². The molecule has 1 saturated carbocycles. The second-order valence-electron chi connectivity index (χ2n) is 5.43. The first-order valence-electron chi connectivity index (χ1n) is 6.91. The largest absolute Gasteiger partial charge is 0.534 e. The van der Waals surface area contributed by atoms with Gasteiger partial charge in [-0.2, -0.15) is 21.6 Å². The van der Waals surface area contributed by atoms with E-state index in [0.717, 1.165) is 10.8 Å². The highest BCUT2D eigenvalue weighted by atomic mass is 32.2.